The zero-order valence-corrected chi connectivity index (χ0v) is 32.8. The van der Waals surface area contributed by atoms with Gasteiger partial charge in [-0.15, -0.1) is 0 Å². The normalized spacial score (nSPS) is 15.8. The molecule has 0 saturated heterocycles. The van der Waals surface area contributed by atoms with Gasteiger partial charge in [0.1, 0.15) is 0 Å². The molecule has 0 aromatic rings. The third-order valence-corrected chi connectivity index (χ3v) is 8.27. The molecule has 2 aliphatic rings. The summed E-state index contributed by atoms with van der Waals surface area (Å²) in [5.74, 6) is 0.630. The maximum absolute atomic E-state index is 2.55. The Morgan fingerprint density at radius 1 is 0.705 bits per heavy atom. The van der Waals surface area contributed by atoms with Crippen molar-refractivity contribution in [3.05, 3.63) is 59.3 Å². The molecule has 0 aromatic carbocycles. The second-order valence-electron chi connectivity index (χ2n) is 13.1. The summed E-state index contributed by atoms with van der Waals surface area (Å²) in [4.78, 5) is 0. The average Bonchev–Trinajstić information content (AvgIpc) is 3.04. The van der Waals surface area contributed by atoms with Gasteiger partial charge in [-0.1, -0.05) is 200 Å². The molecule has 0 radical (unpaired) electrons. The summed E-state index contributed by atoms with van der Waals surface area (Å²) in [7, 11) is 0. The second kappa shape index (κ2) is 36.2. The van der Waals surface area contributed by atoms with Crippen LogP contribution in [0.4, 0.5) is 0 Å². The molecule has 2 unspecified atom stereocenters. The molecular formula is C44H84. The van der Waals surface area contributed by atoms with Crippen molar-refractivity contribution in [3.63, 3.8) is 0 Å². The first-order chi connectivity index (χ1) is 21.3. The highest BCUT2D eigenvalue weighted by atomic mass is 14.4. The minimum Gasteiger partial charge on any atom is -0.0885 e. The van der Waals surface area contributed by atoms with Crippen LogP contribution in [0.2, 0.25) is 0 Å². The molecular weight excluding hydrogens is 528 g/mol. The third-order valence-electron chi connectivity index (χ3n) is 8.27. The molecule has 2 atom stereocenters. The number of rotatable bonds is 16. The molecule has 2 rings (SSSR count). The Labute approximate surface area is 281 Å². The van der Waals surface area contributed by atoms with E-state index in [2.05, 4.69) is 126 Å². The Balaban J connectivity index is -0.00000110. The Morgan fingerprint density at radius 2 is 1.32 bits per heavy atom. The van der Waals surface area contributed by atoms with E-state index >= 15 is 0 Å². The van der Waals surface area contributed by atoms with Crippen LogP contribution in [0.25, 0.3) is 0 Å². The molecule has 0 fully saturated rings. The summed E-state index contributed by atoms with van der Waals surface area (Å²) in [5, 5.41) is 0. The van der Waals surface area contributed by atoms with Crippen LogP contribution in [-0.4, -0.2) is 0 Å². The van der Waals surface area contributed by atoms with E-state index in [1.54, 1.807) is 16.7 Å². The summed E-state index contributed by atoms with van der Waals surface area (Å²) in [6.45, 7) is 26.6. The highest BCUT2D eigenvalue weighted by Gasteiger charge is 2.36. The highest BCUT2D eigenvalue weighted by molar-refractivity contribution is 5.28. The molecule has 260 valence electrons. The van der Waals surface area contributed by atoms with E-state index in [0.717, 1.165) is 6.42 Å². The topological polar surface area (TPSA) is 0 Å². The van der Waals surface area contributed by atoms with Gasteiger partial charge >= 0.3 is 0 Å². The predicted octanol–water partition coefficient (Wildman–Crippen LogP) is 16.5. The van der Waals surface area contributed by atoms with E-state index in [9.17, 15) is 0 Å². The van der Waals surface area contributed by atoms with Crippen molar-refractivity contribution in [2.24, 2.45) is 11.3 Å². The maximum Gasteiger partial charge on any atom is -0.00274 e. The fourth-order valence-electron chi connectivity index (χ4n) is 5.70. The molecule has 0 heterocycles. The molecule has 2 aliphatic carbocycles. The van der Waals surface area contributed by atoms with Crippen LogP contribution in [0.5, 0.6) is 0 Å². The van der Waals surface area contributed by atoms with Crippen LogP contribution in [0.1, 0.15) is 212 Å². The summed E-state index contributed by atoms with van der Waals surface area (Å²) in [5.41, 5.74) is 5.40. The van der Waals surface area contributed by atoms with E-state index in [1.165, 1.54) is 122 Å². The van der Waals surface area contributed by atoms with Gasteiger partial charge in [0.25, 0.3) is 0 Å². The largest absolute Gasteiger partial charge is 0.0885 e. The fraction of sp³-hybridized carbons (Fsp3) is 0.773. The molecule has 0 bridgehead atoms. The lowest BCUT2D eigenvalue weighted by Gasteiger charge is -2.41. The molecule has 0 amide bonds. The van der Waals surface area contributed by atoms with E-state index in [4.69, 9.17) is 0 Å². The zero-order chi connectivity index (χ0) is 33.9. The first kappa shape index (κ1) is 47.1. The molecule has 0 nitrogen and oxygen atoms in total. The Bertz CT molecular complexity index is 720. The SMILES string of the molecule is CC/C=C\C(C)C(CC)(CCCCCC1=CCCC(CCCCC)=C1)C1=CC=CCC1.CCC.CCC.CCC.CCCC. The first-order valence-electron chi connectivity index (χ1n) is 19.7. The van der Waals surface area contributed by atoms with Crippen molar-refractivity contribution in [3.8, 4) is 0 Å². The lowest BCUT2D eigenvalue weighted by molar-refractivity contribution is 0.222. The summed E-state index contributed by atoms with van der Waals surface area (Å²) >= 11 is 0. The van der Waals surface area contributed by atoms with Crippen molar-refractivity contribution < 1.29 is 0 Å². The van der Waals surface area contributed by atoms with E-state index in [0.29, 0.717) is 11.3 Å². The van der Waals surface area contributed by atoms with Gasteiger partial charge in [-0.05, 0) is 82.0 Å². The van der Waals surface area contributed by atoms with E-state index < -0.39 is 0 Å². The molecule has 44 heavy (non-hydrogen) atoms. The average molecular weight is 613 g/mol. The lowest BCUT2D eigenvalue weighted by atomic mass is 9.63. The van der Waals surface area contributed by atoms with Crippen molar-refractivity contribution in [2.75, 3.05) is 0 Å². The van der Waals surface area contributed by atoms with Gasteiger partial charge in [0, 0.05) is 0 Å². The van der Waals surface area contributed by atoms with Gasteiger partial charge in [-0.3, -0.25) is 0 Å². The number of allylic oxidation sites excluding steroid dienone is 10. The van der Waals surface area contributed by atoms with Gasteiger partial charge in [0.2, 0.25) is 0 Å². The van der Waals surface area contributed by atoms with Crippen molar-refractivity contribution in [2.45, 2.75) is 212 Å². The van der Waals surface area contributed by atoms with Gasteiger partial charge in [-0.25, -0.2) is 0 Å². The van der Waals surface area contributed by atoms with Crippen molar-refractivity contribution in [1.29, 1.82) is 0 Å². The lowest BCUT2D eigenvalue weighted by Crippen LogP contribution is -2.30. The summed E-state index contributed by atoms with van der Waals surface area (Å²) in [6, 6.07) is 0. The van der Waals surface area contributed by atoms with E-state index in [1.807, 2.05) is 0 Å². The summed E-state index contributed by atoms with van der Waals surface area (Å²) in [6.07, 6.45) is 43.0. The van der Waals surface area contributed by atoms with Gasteiger partial charge < -0.3 is 0 Å². The van der Waals surface area contributed by atoms with Gasteiger partial charge in [-0.2, -0.15) is 0 Å². The van der Waals surface area contributed by atoms with Crippen LogP contribution in [-0.2, 0) is 0 Å². The minimum atomic E-state index is 0.354. The standard InChI is InChI=1S/C31H50.C4H10.3C3H8/c1-5-8-12-19-28-21-17-22-29(26-28)20-13-11-16-25-31(7-3,27(4)18-9-6-2)30-23-14-10-15-24-30;1-3-4-2;3*1-3-2/h9-10,14,18,22-23,26-27H,5-8,11-13,15-17,19-21,24-25H2,1-4H3;3-4H2,1-2H3;3*3H2,1-2H3/b18-9-;;;;. The monoisotopic (exact) mass is 613 g/mol. The Morgan fingerprint density at radius 3 is 1.82 bits per heavy atom. The van der Waals surface area contributed by atoms with Gasteiger partial charge in [0.05, 0.1) is 0 Å². The second-order valence-corrected chi connectivity index (χ2v) is 13.1. The van der Waals surface area contributed by atoms with Crippen molar-refractivity contribution >= 4 is 0 Å². The molecule has 0 heteroatoms. The third kappa shape index (κ3) is 25.0. The minimum absolute atomic E-state index is 0.354. The van der Waals surface area contributed by atoms with Crippen LogP contribution < -0.4 is 0 Å². The smallest absolute Gasteiger partial charge is 0.00274 e. The maximum atomic E-state index is 2.55. The highest BCUT2D eigenvalue weighted by Crippen LogP contribution is 2.47. The molecule has 0 saturated carbocycles. The van der Waals surface area contributed by atoms with Crippen LogP contribution >= 0.6 is 0 Å². The van der Waals surface area contributed by atoms with E-state index in [-0.39, 0.29) is 0 Å². The van der Waals surface area contributed by atoms with Crippen molar-refractivity contribution in [1.82, 2.24) is 0 Å². The van der Waals surface area contributed by atoms with Crippen LogP contribution in [0, 0.1) is 11.3 Å². The number of hydrogen-bond donors (Lipinski definition) is 0. The van der Waals surface area contributed by atoms with Crippen LogP contribution in [0.15, 0.2) is 59.3 Å². The zero-order valence-electron chi connectivity index (χ0n) is 32.8. The summed E-state index contributed by atoms with van der Waals surface area (Å²) < 4.78 is 0. The molecule has 0 N–H and O–H groups in total. The molecule has 0 aliphatic heterocycles. The number of unbranched alkanes of at least 4 members (excludes halogenated alkanes) is 5. The Hall–Kier alpha value is -1.30. The van der Waals surface area contributed by atoms with Crippen LogP contribution in [0.3, 0.4) is 0 Å². The van der Waals surface area contributed by atoms with Gasteiger partial charge in [0.15, 0.2) is 0 Å². The first-order valence-corrected chi connectivity index (χ1v) is 19.7. The molecule has 0 aromatic heterocycles. The molecule has 0 spiro atoms. The number of hydrogen-bond acceptors (Lipinski definition) is 0. The Kier molecular flexibility index (Phi) is 38.7. The fourth-order valence-corrected chi connectivity index (χ4v) is 5.70. The predicted molar refractivity (Wildman–Crippen MR) is 209 cm³/mol. The quantitative estimate of drug-likeness (QED) is 0.120.